The topological polar surface area (TPSA) is 33.1 Å². The average Bonchev–Trinajstić information content (AvgIpc) is 2.60. The molecule has 0 radical (unpaired) electrons. The van der Waals surface area contributed by atoms with Crippen LogP contribution in [-0.4, -0.2) is 10.1 Å². The Morgan fingerprint density at radius 2 is 1.87 bits per heavy atom. The molecule has 0 amide bonds. The molecule has 0 atom stereocenters. The second-order valence-electron chi connectivity index (χ2n) is 3.04. The largest absolute Gasteiger partial charge is 0.505 e. The van der Waals surface area contributed by atoms with Gasteiger partial charge in [-0.1, -0.05) is 23.2 Å². The van der Waals surface area contributed by atoms with Crippen molar-refractivity contribution in [2.24, 2.45) is 0 Å². The highest BCUT2D eigenvalue weighted by Crippen LogP contribution is 2.36. The number of thiazole rings is 1. The number of aryl methyl sites for hydroxylation is 1. The third kappa shape index (κ3) is 2.09. The van der Waals surface area contributed by atoms with Crippen LogP contribution in [0.3, 0.4) is 0 Å². The fraction of sp³-hybridized carbons (Fsp3) is 0.100. The van der Waals surface area contributed by atoms with E-state index in [1.807, 2.05) is 12.3 Å². The van der Waals surface area contributed by atoms with Crippen molar-refractivity contribution in [1.82, 2.24) is 4.98 Å². The van der Waals surface area contributed by atoms with Crippen LogP contribution < -0.4 is 0 Å². The molecule has 2 aromatic rings. The molecule has 1 N–H and O–H groups in total. The van der Waals surface area contributed by atoms with Crippen LogP contribution in [-0.2, 0) is 0 Å². The predicted molar refractivity (Wildman–Crippen MR) is 64.0 cm³/mol. The van der Waals surface area contributed by atoms with Crippen LogP contribution in [0.15, 0.2) is 17.5 Å². The second-order valence-corrected chi connectivity index (χ2v) is 4.92. The van der Waals surface area contributed by atoms with Gasteiger partial charge in [-0.2, -0.15) is 0 Å². The molecule has 0 aliphatic carbocycles. The maximum absolute atomic E-state index is 9.40. The summed E-state index contributed by atoms with van der Waals surface area (Å²) in [6, 6.07) is 3.30. The average molecular weight is 260 g/mol. The fourth-order valence-electron chi connectivity index (χ4n) is 1.21. The van der Waals surface area contributed by atoms with E-state index < -0.39 is 0 Å². The van der Waals surface area contributed by atoms with Crippen molar-refractivity contribution in [3.63, 3.8) is 0 Å². The molecular formula is C10H7Cl2NOS. The molecule has 0 bridgehead atoms. The summed E-state index contributed by atoms with van der Waals surface area (Å²) < 4.78 is 0. The number of halogens is 2. The molecule has 1 aromatic heterocycles. The van der Waals surface area contributed by atoms with Crippen molar-refractivity contribution >= 4 is 34.5 Å². The van der Waals surface area contributed by atoms with Crippen molar-refractivity contribution in [3.8, 4) is 17.0 Å². The van der Waals surface area contributed by atoms with Crippen molar-refractivity contribution < 1.29 is 5.11 Å². The molecule has 0 spiro atoms. The van der Waals surface area contributed by atoms with Gasteiger partial charge in [0, 0.05) is 10.9 Å². The molecule has 0 unspecified atom stereocenters. The van der Waals surface area contributed by atoms with Gasteiger partial charge in [-0.05, 0) is 19.1 Å². The standard InChI is InChI=1S/C10H7Cl2NOS/c1-5-13-9(4-15-5)6-2-7(11)10(14)8(12)3-6/h2-4,14H,1H3. The first-order valence-corrected chi connectivity index (χ1v) is 5.82. The van der Waals surface area contributed by atoms with Gasteiger partial charge in [-0.25, -0.2) is 4.98 Å². The Labute approximate surface area is 101 Å². The Balaban J connectivity index is 2.55. The number of phenolic OH excluding ortho intramolecular Hbond substituents is 1. The molecule has 2 nitrogen and oxygen atoms in total. The lowest BCUT2D eigenvalue weighted by Crippen LogP contribution is -1.80. The van der Waals surface area contributed by atoms with Crippen LogP contribution in [0.1, 0.15) is 5.01 Å². The molecule has 1 aromatic carbocycles. The van der Waals surface area contributed by atoms with Crippen LogP contribution >= 0.6 is 34.5 Å². The fourth-order valence-corrected chi connectivity index (χ4v) is 2.32. The highest BCUT2D eigenvalue weighted by Gasteiger charge is 2.09. The molecule has 78 valence electrons. The Bertz CT molecular complexity index is 487. The Hall–Kier alpha value is -0.770. The summed E-state index contributed by atoms with van der Waals surface area (Å²) >= 11 is 13.2. The molecule has 0 saturated carbocycles. The zero-order chi connectivity index (χ0) is 11.0. The number of hydrogen-bond donors (Lipinski definition) is 1. The maximum atomic E-state index is 9.40. The van der Waals surface area contributed by atoms with Gasteiger partial charge < -0.3 is 5.11 Å². The highest BCUT2D eigenvalue weighted by atomic mass is 35.5. The molecule has 5 heteroatoms. The molecule has 0 fully saturated rings. The van der Waals surface area contributed by atoms with E-state index in [2.05, 4.69) is 4.98 Å². The van der Waals surface area contributed by atoms with E-state index in [-0.39, 0.29) is 15.8 Å². The molecular weight excluding hydrogens is 253 g/mol. The van der Waals surface area contributed by atoms with E-state index >= 15 is 0 Å². The van der Waals surface area contributed by atoms with Crippen LogP contribution in [0.25, 0.3) is 11.3 Å². The zero-order valence-electron chi connectivity index (χ0n) is 7.79. The normalized spacial score (nSPS) is 10.6. The molecule has 0 aliphatic rings. The molecule has 2 rings (SSSR count). The van der Waals surface area contributed by atoms with E-state index in [4.69, 9.17) is 23.2 Å². The van der Waals surface area contributed by atoms with Gasteiger partial charge in [0.1, 0.15) is 0 Å². The summed E-state index contributed by atoms with van der Waals surface area (Å²) in [6.45, 7) is 1.93. The summed E-state index contributed by atoms with van der Waals surface area (Å²) in [6.07, 6.45) is 0. The predicted octanol–water partition coefficient (Wildman–Crippen LogP) is 4.13. The molecule has 0 aliphatic heterocycles. The number of benzene rings is 1. The van der Waals surface area contributed by atoms with Gasteiger partial charge in [0.2, 0.25) is 0 Å². The van der Waals surface area contributed by atoms with Gasteiger partial charge in [0.25, 0.3) is 0 Å². The minimum atomic E-state index is -0.0889. The minimum absolute atomic E-state index is 0.0889. The summed E-state index contributed by atoms with van der Waals surface area (Å²) in [5.41, 5.74) is 1.63. The number of phenols is 1. The number of nitrogens with zero attached hydrogens (tertiary/aromatic N) is 1. The lowest BCUT2D eigenvalue weighted by Gasteiger charge is -2.02. The Morgan fingerprint density at radius 3 is 2.33 bits per heavy atom. The van der Waals surface area contributed by atoms with Crippen molar-refractivity contribution in [2.45, 2.75) is 6.92 Å². The van der Waals surface area contributed by atoms with E-state index in [0.29, 0.717) is 0 Å². The van der Waals surface area contributed by atoms with Crippen molar-refractivity contribution in [2.75, 3.05) is 0 Å². The van der Waals surface area contributed by atoms with Crippen LogP contribution in [0, 0.1) is 6.92 Å². The van der Waals surface area contributed by atoms with Crippen molar-refractivity contribution in [1.29, 1.82) is 0 Å². The van der Waals surface area contributed by atoms with E-state index in [1.54, 1.807) is 23.5 Å². The summed E-state index contributed by atoms with van der Waals surface area (Å²) in [4.78, 5) is 4.31. The first kappa shape index (κ1) is 10.7. The van der Waals surface area contributed by atoms with Gasteiger partial charge >= 0.3 is 0 Å². The number of aromatic hydroxyl groups is 1. The third-order valence-corrected chi connectivity index (χ3v) is 3.28. The minimum Gasteiger partial charge on any atom is -0.505 e. The molecule has 1 heterocycles. The van der Waals surface area contributed by atoms with E-state index in [9.17, 15) is 5.11 Å². The molecule has 15 heavy (non-hydrogen) atoms. The lowest BCUT2D eigenvalue weighted by atomic mass is 10.1. The van der Waals surface area contributed by atoms with Crippen LogP contribution in [0.2, 0.25) is 10.0 Å². The molecule has 0 saturated heterocycles. The Morgan fingerprint density at radius 1 is 1.27 bits per heavy atom. The second kappa shape index (κ2) is 4.00. The van der Waals surface area contributed by atoms with Gasteiger partial charge in [0.05, 0.1) is 20.7 Å². The van der Waals surface area contributed by atoms with Gasteiger partial charge in [-0.3, -0.25) is 0 Å². The van der Waals surface area contributed by atoms with Gasteiger partial charge in [-0.15, -0.1) is 11.3 Å². The number of rotatable bonds is 1. The van der Waals surface area contributed by atoms with Crippen molar-refractivity contribution in [3.05, 3.63) is 32.6 Å². The monoisotopic (exact) mass is 259 g/mol. The number of aromatic nitrogens is 1. The maximum Gasteiger partial charge on any atom is 0.152 e. The SMILES string of the molecule is Cc1nc(-c2cc(Cl)c(O)c(Cl)c2)cs1. The quantitative estimate of drug-likeness (QED) is 0.836. The first-order chi connectivity index (χ1) is 7.08. The first-order valence-electron chi connectivity index (χ1n) is 4.18. The van der Waals surface area contributed by atoms with E-state index in [0.717, 1.165) is 16.3 Å². The van der Waals surface area contributed by atoms with Gasteiger partial charge in [0.15, 0.2) is 5.75 Å². The van der Waals surface area contributed by atoms with Crippen LogP contribution in [0.5, 0.6) is 5.75 Å². The Kier molecular flexibility index (Phi) is 2.87. The van der Waals surface area contributed by atoms with E-state index in [1.165, 1.54) is 0 Å². The smallest absolute Gasteiger partial charge is 0.152 e. The summed E-state index contributed by atoms with van der Waals surface area (Å²) in [5.74, 6) is -0.0889. The third-order valence-electron chi connectivity index (χ3n) is 1.93. The highest BCUT2D eigenvalue weighted by molar-refractivity contribution is 7.09. The zero-order valence-corrected chi connectivity index (χ0v) is 10.1. The summed E-state index contributed by atoms with van der Waals surface area (Å²) in [7, 11) is 0. The lowest BCUT2D eigenvalue weighted by molar-refractivity contribution is 0.476. The summed E-state index contributed by atoms with van der Waals surface area (Å²) in [5, 5.41) is 12.8. The van der Waals surface area contributed by atoms with Crippen LogP contribution in [0.4, 0.5) is 0 Å². The number of hydrogen-bond acceptors (Lipinski definition) is 3.